The fourth-order valence-corrected chi connectivity index (χ4v) is 2.47. The van der Waals surface area contributed by atoms with Crippen LogP contribution >= 0.6 is 0 Å². The van der Waals surface area contributed by atoms with Crippen molar-refractivity contribution in [2.45, 2.75) is 52.5 Å². The molecule has 1 aromatic heterocycles. The molecule has 2 rings (SSSR count). The first-order chi connectivity index (χ1) is 11.6. The molecule has 0 radical (unpaired) electrons. The van der Waals surface area contributed by atoms with Gasteiger partial charge in [-0.25, -0.2) is 4.98 Å². The highest BCUT2D eigenvalue weighted by Crippen LogP contribution is 2.11. The van der Waals surface area contributed by atoms with Crippen molar-refractivity contribution in [3.63, 3.8) is 0 Å². The summed E-state index contributed by atoms with van der Waals surface area (Å²) in [6.45, 7) is 4.17. The SMILES string of the molecule is CCCCc1ccc(NC(=O)Cn2cnc(CCC)cc2=O)cc1. The van der Waals surface area contributed by atoms with Crippen LogP contribution in [-0.2, 0) is 24.2 Å². The number of unbranched alkanes of at least 4 members (excludes halogenated alkanes) is 1. The van der Waals surface area contributed by atoms with Gasteiger partial charge < -0.3 is 5.32 Å². The molecule has 0 fully saturated rings. The average molecular weight is 327 g/mol. The summed E-state index contributed by atoms with van der Waals surface area (Å²) in [6, 6.07) is 9.35. The van der Waals surface area contributed by atoms with Gasteiger partial charge in [0.2, 0.25) is 5.91 Å². The third kappa shape index (κ3) is 5.33. The summed E-state index contributed by atoms with van der Waals surface area (Å²) in [5.74, 6) is -0.233. The summed E-state index contributed by atoms with van der Waals surface area (Å²) in [6.07, 6.45) is 6.53. The number of hydrogen-bond donors (Lipinski definition) is 1. The first kappa shape index (κ1) is 17.9. The number of benzene rings is 1. The van der Waals surface area contributed by atoms with Gasteiger partial charge in [-0.3, -0.25) is 14.2 Å². The van der Waals surface area contributed by atoms with Gasteiger partial charge in [0.25, 0.3) is 5.56 Å². The first-order valence-corrected chi connectivity index (χ1v) is 8.56. The second-order valence-electron chi connectivity index (χ2n) is 5.95. The molecule has 0 saturated carbocycles. The van der Waals surface area contributed by atoms with E-state index in [9.17, 15) is 9.59 Å². The van der Waals surface area contributed by atoms with E-state index >= 15 is 0 Å². The molecule has 1 aromatic carbocycles. The highest BCUT2D eigenvalue weighted by Gasteiger charge is 2.06. The maximum atomic E-state index is 12.1. The summed E-state index contributed by atoms with van der Waals surface area (Å²) >= 11 is 0. The van der Waals surface area contributed by atoms with E-state index in [1.165, 1.54) is 28.9 Å². The lowest BCUT2D eigenvalue weighted by atomic mass is 10.1. The van der Waals surface area contributed by atoms with E-state index in [1.807, 2.05) is 31.2 Å². The predicted molar refractivity (Wildman–Crippen MR) is 96.2 cm³/mol. The summed E-state index contributed by atoms with van der Waals surface area (Å²) < 4.78 is 1.32. The van der Waals surface area contributed by atoms with E-state index in [1.54, 1.807) is 0 Å². The second kappa shape index (κ2) is 9.01. The lowest BCUT2D eigenvalue weighted by molar-refractivity contribution is -0.116. The smallest absolute Gasteiger partial charge is 0.253 e. The van der Waals surface area contributed by atoms with Crippen LogP contribution in [0, 0.1) is 0 Å². The van der Waals surface area contributed by atoms with Gasteiger partial charge in [0.1, 0.15) is 6.54 Å². The largest absolute Gasteiger partial charge is 0.325 e. The molecule has 0 aliphatic rings. The minimum atomic E-state index is -0.233. The normalized spacial score (nSPS) is 10.6. The number of nitrogens with one attached hydrogen (secondary N) is 1. The number of carbonyl (C=O) groups excluding carboxylic acids is 1. The van der Waals surface area contributed by atoms with E-state index in [0.29, 0.717) is 0 Å². The molecule has 0 unspecified atom stereocenters. The van der Waals surface area contributed by atoms with Crippen molar-refractivity contribution in [2.24, 2.45) is 0 Å². The number of hydrogen-bond acceptors (Lipinski definition) is 3. The van der Waals surface area contributed by atoms with E-state index in [0.717, 1.165) is 37.1 Å². The van der Waals surface area contributed by atoms with Gasteiger partial charge in [0.15, 0.2) is 0 Å². The first-order valence-electron chi connectivity index (χ1n) is 8.56. The van der Waals surface area contributed by atoms with Crippen LogP contribution in [-0.4, -0.2) is 15.5 Å². The Kier molecular flexibility index (Phi) is 6.73. The van der Waals surface area contributed by atoms with E-state index in [-0.39, 0.29) is 18.0 Å². The zero-order valence-corrected chi connectivity index (χ0v) is 14.4. The molecule has 0 aliphatic carbocycles. The Balaban J connectivity index is 1.94. The molecule has 1 amide bonds. The van der Waals surface area contributed by atoms with Crippen LogP contribution in [0.25, 0.3) is 0 Å². The second-order valence-corrected chi connectivity index (χ2v) is 5.95. The zero-order valence-electron chi connectivity index (χ0n) is 14.4. The van der Waals surface area contributed by atoms with Crippen LogP contribution in [0.5, 0.6) is 0 Å². The zero-order chi connectivity index (χ0) is 17.4. The van der Waals surface area contributed by atoms with Crippen molar-refractivity contribution >= 4 is 11.6 Å². The minimum Gasteiger partial charge on any atom is -0.325 e. The number of nitrogens with zero attached hydrogens (tertiary/aromatic N) is 2. The fraction of sp³-hybridized carbons (Fsp3) is 0.421. The van der Waals surface area contributed by atoms with E-state index < -0.39 is 0 Å². The Morgan fingerprint density at radius 2 is 1.88 bits per heavy atom. The highest BCUT2D eigenvalue weighted by molar-refractivity contribution is 5.90. The molecular weight excluding hydrogens is 302 g/mol. The third-order valence-corrected chi connectivity index (χ3v) is 3.81. The Hall–Kier alpha value is -2.43. The monoisotopic (exact) mass is 327 g/mol. The molecule has 0 spiro atoms. The van der Waals surface area contributed by atoms with Crippen LogP contribution in [0.2, 0.25) is 0 Å². The van der Waals surface area contributed by atoms with Gasteiger partial charge in [-0.05, 0) is 37.0 Å². The van der Waals surface area contributed by atoms with Crippen LogP contribution in [0.4, 0.5) is 5.69 Å². The maximum Gasteiger partial charge on any atom is 0.253 e. The number of carbonyl (C=O) groups is 1. The predicted octanol–water partition coefficient (Wildman–Crippen LogP) is 3.18. The fourth-order valence-electron chi connectivity index (χ4n) is 2.47. The molecule has 0 atom stereocenters. The molecule has 0 bridgehead atoms. The average Bonchev–Trinajstić information content (AvgIpc) is 2.57. The van der Waals surface area contributed by atoms with Gasteiger partial charge in [0, 0.05) is 17.4 Å². The lowest BCUT2D eigenvalue weighted by Crippen LogP contribution is -2.27. The molecule has 5 heteroatoms. The van der Waals surface area contributed by atoms with Gasteiger partial charge >= 0.3 is 0 Å². The quantitative estimate of drug-likeness (QED) is 0.810. The summed E-state index contributed by atoms with van der Waals surface area (Å²) in [4.78, 5) is 28.3. The minimum absolute atomic E-state index is 0.0319. The Morgan fingerprint density at radius 1 is 1.12 bits per heavy atom. The van der Waals surface area contributed by atoms with Crippen molar-refractivity contribution in [1.82, 2.24) is 9.55 Å². The van der Waals surface area contributed by atoms with E-state index in [2.05, 4.69) is 17.2 Å². The number of aryl methyl sites for hydroxylation is 2. The third-order valence-electron chi connectivity index (χ3n) is 3.81. The molecule has 24 heavy (non-hydrogen) atoms. The number of amides is 1. The van der Waals surface area contributed by atoms with E-state index in [4.69, 9.17) is 0 Å². The summed E-state index contributed by atoms with van der Waals surface area (Å²) in [7, 11) is 0. The van der Waals surface area contributed by atoms with Gasteiger partial charge in [-0.1, -0.05) is 38.8 Å². The van der Waals surface area contributed by atoms with Gasteiger partial charge in [0.05, 0.1) is 6.33 Å². The number of anilines is 1. The van der Waals surface area contributed by atoms with Crippen molar-refractivity contribution in [3.8, 4) is 0 Å². The van der Waals surface area contributed by atoms with Gasteiger partial charge in [-0.2, -0.15) is 0 Å². The van der Waals surface area contributed by atoms with Crippen LogP contribution in [0.1, 0.15) is 44.4 Å². The number of rotatable bonds is 8. The summed E-state index contributed by atoms with van der Waals surface area (Å²) in [5, 5.41) is 2.81. The van der Waals surface area contributed by atoms with Crippen LogP contribution < -0.4 is 10.9 Å². The van der Waals surface area contributed by atoms with Crippen LogP contribution in [0.15, 0.2) is 41.5 Å². The van der Waals surface area contributed by atoms with Crippen molar-refractivity contribution < 1.29 is 4.79 Å². The molecule has 1 heterocycles. The molecule has 0 saturated heterocycles. The van der Waals surface area contributed by atoms with Crippen molar-refractivity contribution in [3.05, 3.63) is 58.3 Å². The molecule has 0 aliphatic heterocycles. The van der Waals surface area contributed by atoms with Gasteiger partial charge in [-0.15, -0.1) is 0 Å². The van der Waals surface area contributed by atoms with Crippen molar-refractivity contribution in [2.75, 3.05) is 5.32 Å². The highest BCUT2D eigenvalue weighted by atomic mass is 16.2. The molecule has 2 aromatic rings. The Bertz CT molecular complexity index is 720. The molecule has 1 N–H and O–H groups in total. The topological polar surface area (TPSA) is 64.0 Å². The lowest BCUT2D eigenvalue weighted by Gasteiger charge is -2.08. The molecule has 128 valence electrons. The van der Waals surface area contributed by atoms with Crippen molar-refractivity contribution in [1.29, 1.82) is 0 Å². The number of aromatic nitrogens is 2. The summed E-state index contributed by atoms with van der Waals surface area (Å²) in [5.41, 5.74) is 2.57. The standard InChI is InChI=1S/C19H25N3O2/c1-3-5-7-15-8-10-16(11-9-15)21-18(23)13-22-14-20-17(6-4-2)12-19(22)24/h8-12,14H,3-7,13H2,1-2H3,(H,21,23). The van der Waals surface area contributed by atoms with Crippen LogP contribution in [0.3, 0.4) is 0 Å². The maximum absolute atomic E-state index is 12.1. The molecular formula is C19H25N3O2. The Labute approximate surface area is 142 Å². The molecule has 5 nitrogen and oxygen atoms in total. The Morgan fingerprint density at radius 3 is 2.50 bits per heavy atom.